The molecule has 0 aromatic carbocycles. The summed E-state index contributed by atoms with van der Waals surface area (Å²) in [6, 6.07) is 0. The predicted octanol–water partition coefficient (Wildman–Crippen LogP) is 1.42. The molecule has 0 amide bonds. The van der Waals surface area contributed by atoms with E-state index in [1.54, 1.807) is 11.8 Å². The molecule has 2 N–H and O–H groups in total. The smallest absolute Gasteiger partial charge is 0.191 e. The maximum absolute atomic E-state index is 5.67. The summed E-state index contributed by atoms with van der Waals surface area (Å²) in [4.78, 5) is 0. The van der Waals surface area contributed by atoms with Crippen molar-refractivity contribution in [2.24, 2.45) is 5.73 Å². The summed E-state index contributed by atoms with van der Waals surface area (Å²) in [5.41, 5.74) is 5.67. The van der Waals surface area contributed by atoms with E-state index in [9.17, 15) is 0 Å². The highest BCUT2D eigenvalue weighted by Gasteiger charge is 2.19. The summed E-state index contributed by atoms with van der Waals surface area (Å²) in [7, 11) is 0. The zero-order valence-electron chi connectivity index (χ0n) is 10.3. The third-order valence-electron chi connectivity index (χ3n) is 2.81. The number of thioether (sulfide) groups is 1. The van der Waals surface area contributed by atoms with Crippen molar-refractivity contribution in [3.05, 3.63) is 5.82 Å². The van der Waals surface area contributed by atoms with E-state index < -0.39 is 0 Å². The van der Waals surface area contributed by atoms with Crippen LogP contribution in [-0.4, -0.2) is 33.2 Å². The van der Waals surface area contributed by atoms with Gasteiger partial charge in [0, 0.05) is 18.4 Å². The fourth-order valence-corrected chi connectivity index (χ4v) is 3.12. The van der Waals surface area contributed by atoms with Crippen LogP contribution in [0.2, 0.25) is 0 Å². The molecule has 2 rings (SSSR count). The van der Waals surface area contributed by atoms with Crippen molar-refractivity contribution in [1.82, 2.24) is 14.8 Å². The second kappa shape index (κ2) is 6.37. The van der Waals surface area contributed by atoms with Crippen LogP contribution in [0.3, 0.4) is 0 Å². The fraction of sp³-hybridized carbons (Fsp3) is 0.818. The molecule has 0 radical (unpaired) electrons. The van der Waals surface area contributed by atoms with E-state index in [4.69, 9.17) is 10.5 Å². The second-order valence-electron chi connectivity index (χ2n) is 4.21. The Bertz CT molecular complexity index is 349. The lowest BCUT2D eigenvalue weighted by Crippen LogP contribution is -2.20. The highest BCUT2D eigenvalue weighted by atomic mass is 32.2. The van der Waals surface area contributed by atoms with Crippen molar-refractivity contribution in [1.29, 1.82) is 0 Å². The summed E-state index contributed by atoms with van der Waals surface area (Å²) in [5, 5.41) is 9.88. The van der Waals surface area contributed by atoms with Gasteiger partial charge in [0.25, 0.3) is 0 Å². The molecule has 0 aliphatic carbocycles. The Morgan fingerprint density at radius 2 is 2.41 bits per heavy atom. The van der Waals surface area contributed by atoms with Gasteiger partial charge in [0.15, 0.2) is 5.16 Å². The van der Waals surface area contributed by atoms with Crippen LogP contribution < -0.4 is 5.73 Å². The van der Waals surface area contributed by atoms with Gasteiger partial charge < -0.3 is 15.0 Å². The van der Waals surface area contributed by atoms with Gasteiger partial charge in [-0.1, -0.05) is 18.7 Å². The van der Waals surface area contributed by atoms with Crippen LogP contribution in [0.5, 0.6) is 0 Å². The van der Waals surface area contributed by atoms with E-state index in [-0.39, 0.29) is 0 Å². The molecular formula is C11H20N4OS. The minimum atomic E-state index is 0.453. The molecule has 0 spiro atoms. The molecule has 2 heterocycles. The molecule has 17 heavy (non-hydrogen) atoms. The van der Waals surface area contributed by atoms with Crippen LogP contribution in [0.4, 0.5) is 0 Å². The molecule has 1 aliphatic heterocycles. The molecule has 1 aromatic rings. The topological polar surface area (TPSA) is 66.0 Å². The van der Waals surface area contributed by atoms with E-state index in [1.165, 1.54) is 6.42 Å². The first-order valence-electron chi connectivity index (χ1n) is 6.21. The lowest BCUT2D eigenvalue weighted by atomic mass is 10.2. The van der Waals surface area contributed by atoms with E-state index in [0.717, 1.165) is 43.6 Å². The van der Waals surface area contributed by atoms with E-state index in [0.29, 0.717) is 11.8 Å². The van der Waals surface area contributed by atoms with Gasteiger partial charge in [0.1, 0.15) is 5.82 Å². The standard InChI is InChI=1S/C11H20N4OS/c1-2-5-15-10(7-12)13-14-11(15)17-9-4-3-6-16-8-9/h9H,2-8,12H2,1H3. The van der Waals surface area contributed by atoms with Gasteiger partial charge >= 0.3 is 0 Å². The predicted molar refractivity (Wildman–Crippen MR) is 67.9 cm³/mol. The van der Waals surface area contributed by atoms with Crippen LogP contribution >= 0.6 is 11.8 Å². The third-order valence-corrected chi connectivity index (χ3v) is 4.03. The SMILES string of the molecule is CCCn1c(CN)nnc1SC1CCCOC1. The Hall–Kier alpha value is -0.590. The summed E-state index contributed by atoms with van der Waals surface area (Å²) >= 11 is 1.78. The van der Waals surface area contributed by atoms with Gasteiger partial charge in [0.05, 0.1) is 13.2 Å². The molecule has 96 valence electrons. The first kappa shape index (κ1) is 12.9. The first-order valence-corrected chi connectivity index (χ1v) is 7.09. The summed E-state index contributed by atoms with van der Waals surface area (Å²) in [5.74, 6) is 0.881. The molecule has 1 saturated heterocycles. The Labute approximate surface area is 106 Å². The van der Waals surface area contributed by atoms with E-state index >= 15 is 0 Å². The van der Waals surface area contributed by atoms with Gasteiger partial charge in [-0.05, 0) is 19.3 Å². The molecule has 1 aromatic heterocycles. The zero-order chi connectivity index (χ0) is 12.1. The van der Waals surface area contributed by atoms with Crippen LogP contribution in [0.1, 0.15) is 32.0 Å². The van der Waals surface area contributed by atoms with Crippen molar-refractivity contribution in [2.75, 3.05) is 13.2 Å². The van der Waals surface area contributed by atoms with Gasteiger partial charge in [-0.2, -0.15) is 0 Å². The number of aromatic nitrogens is 3. The quantitative estimate of drug-likeness (QED) is 0.863. The van der Waals surface area contributed by atoms with Gasteiger partial charge in [0.2, 0.25) is 0 Å². The molecule has 0 saturated carbocycles. The second-order valence-corrected chi connectivity index (χ2v) is 5.48. The average Bonchev–Trinajstić information content (AvgIpc) is 2.74. The molecule has 1 unspecified atom stereocenters. The summed E-state index contributed by atoms with van der Waals surface area (Å²) in [6.45, 7) is 5.26. The Morgan fingerprint density at radius 1 is 1.53 bits per heavy atom. The molecule has 6 heteroatoms. The summed E-state index contributed by atoms with van der Waals surface area (Å²) in [6.07, 6.45) is 3.41. The number of nitrogens with two attached hydrogens (primary N) is 1. The van der Waals surface area contributed by atoms with E-state index in [1.807, 2.05) is 0 Å². The normalized spacial score (nSPS) is 20.7. The zero-order valence-corrected chi connectivity index (χ0v) is 11.1. The van der Waals surface area contributed by atoms with Gasteiger partial charge in [-0.15, -0.1) is 10.2 Å². The molecular weight excluding hydrogens is 236 g/mol. The third kappa shape index (κ3) is 3.20. The maximum Gasteiger partial charge on any atom is 0.191 e. The summed E-state index contributed by atoms with van der Waals surface area (Å²) < 4.78 is 7.62. The van der Waals surface area contributed by atoms with Crippen molar-refractivity contribution < 1.29 is 4.74 Å². The number of rotatable bonds is 5. The minimum absolute atomic E-state index is 0.453. The highest BCUT2D eigenvalue weighted by Crippen LogP contribution is 2.27. The largest absolute Gasteiger partial charge is 0.380 e. The maximum atomic E-state index is 5.67. The molecule has 0 bridgehead atoms. The molecule has 1 aliphatic rings. The Balaban J connectivity index is 2.05. The average molecular weight is 256 g/mol. The van der Waals surface area contributed by atoms with Crippen molar-refractivity contribution >= 4 is 11.8 Å². The fourth-order valence-electron chi connectivity index (χ4n) is 1.96. The van der Waals surface area contributed by atoms with Gasteiger partial charge in [-0.25, -0.2) is 0 Å². The van der Waals surface area contributed by atoms with Gasteiger partial charge in [-0.3, -0.25) is 0 Å². The first-order chi connectivity index (χ1) is 8.35. The van der Waals surface area contributed by atoms with Crippen molar-refractivity contribution in [3.8, 4) is 0 Å². The monoisotopic (exact) mass is 256 g/mol. The Morgan fingerprint density at radius 3 is 3.06 bits per heavy atom. The number of ether oxygens (including phenoxy) is 1. The van der Waals surface area contributed by atoms with Crippen LogP contribution in [0.25, 0.3) is 0 Å². The number of hydrogen-bond acceptors (Lipinski definition) is 5. The Kier molecular flexibility index (Phi) is 4.82. The molecule has 5 nitrogen and oxygen atoms in total. The van der Waals surface area contributed by atoms with Crippen molar-refractivity contribution in [2.45, 2.75) is 49.7 Å². The lowest BCUT2D eigenvalue weighted by molar-refractivity contribution is 0.101. The molecule has 1 fully saturated rings. The number of nitrogens with zero attached hydrogens (tertiary/aromatic N) is 3. The van der Waals surface area contributed by atoms with Crippen LogP contribution in [-0.2, 0) is 17.8 Å². The molecule has 1 atom stereocenters. The number of hydrogen-bond donors (Lipinski definition) is 1. The highest BCUT2D eigenvalue weighted by molar-refractivity contribution is 7.99. The van der Waals surface area contributed by atoms with E-state index in [2.05, 4.69) is 21.7 Å². The van der Waals surface area contributed by atoms with Crippen LogP contribution in [0.15, 0.2) is 5.16 Å². The van der Waals surface area contributed by atoms with Crippen molar-refractivity contribution in [3.63, 3.8) is 0 Å². The minimum Gasteiger partial charge on any atom is -0.380 e. The van der Waals surface area contributed by atoms with Crippen LogP contribution in [0, 0.1) is 0 Å². The lowest BCUT2D eigenvalue weighted by Gasteiger charge is -2.21.